The predicted octanol–water partition coefficient (Wildman–Crippen LogP) is 3.87. The van der Waals surface area contributed by atoms with Crippen LogP contribution in [0.25, 0.3) is 11.1 Å². The number of nitrogens with two attached hydrogens (primary N) is 1. The molecular formula is C30H28N4O6. The number of benzene rings is 2. The molecule has 2 aromatic heterocycles. The Bertz CT molecular complexity index is 1570. The van der Waals surface area contributed by atoms with Crippen molar-refractivity contribution < 1.29 is 23.8 Å². The third-order valence-electron chi connectivity index (χ3n) is 6.66. The van der Waals surface area contributed by atoms with Crippen molar-refractivity contribution in [3.05, 3.63) is 112 Å². The maximum Gasteiger partial charge on any atom is 0.351 e. The summed E-state index contributed by atoms with van der Waals surface area (Å²) in [4.78, 5) is 46.6. The molecule has 3 heterocycles. The zero-order valence-corrected chi connectivity index (χ0v) is 22.0. The number of ether oxygens (including phenoxy) is 3. The van der Waals surface area contributed by atoms with E-state index in [2.05, 4.69) is 9.97 Å². The Balaban J connectivity index is 1.39. The van der Waals surface area contributed by atoms with Crippen molar-refractivity contribution in [3.63, 3.8) is 0 Å². The summed E-state index contributed by atoms with van der Waals surface area (Å²) in [6.45, 7) is 3.64. The molecule has 40 heavy (non-hydrogen) atoms. The average Bonchev–Trinajstić information content (AvgIpc) is 3.35. The lowest BCUT2D eigenvalue weighted by Crippen LogP contribution is -2.32. The Morgan fingerprint density at radius 3 is 2.27 bits per heavy atom. The van der Waals surface area contributed by atoms with Crippen molar-refractivity contribution in [2.45, 2.75) is 38.7 Å². The van der Waals surface area contributed by atoms with E-state index in [9.17, 15) is 14.4 Å². The predicted molar refractivity (Wildman–Crippen MR) is 147 cm³/mol. The van der Waals surface area contributed by atoms with Crippen LogP contribution in [0.5, 0.6) is 0 Å². The first-order valence-corrected chi connectivity index (χ1v) is 12.7. The monoisotopic (exact) mass is 540 g/mol. The van der Waals surface area contributed by atoms with Crippen LogP contribution in [0.2, 0.25) is 0 Å². The summed E-state index contributed by atoms with van der Waals surface area (Å²) in [5.41, 5.74) is 9.35. The highest BCUT2D eigenvalue weighted by Gasteiger charge is 2.40. The third-order valence-corrected chi connectivity index (χ3v) is 6.66. The van der Waals surface area contributed by atoms with Crippen molar-refractivity contribution in [3.8, 4) is 11.1 Å². The van der Waals surface area contributed by atoms with Gasteiger partial charge < -0.3 is 19.9 Å². The lowest BCUT2D eigenvalue weighted by atomic mass is 10.1. The number of carbonyl (C=O) groups excluding carboxylic acids is 2. The summed E-state index contributed by atoms with van der Waals surface area (Å²) in [5, 5.41) is 0. The van der Waals surface area contributed by atoms with Gasteiger partial charge in [-0.15, -0.1) is 0 Å². The zero-order chi connectivity index (χ0) is 28.2. The minimum Gasteiger partial charge on any atom is -0.459 e. The first-order chi connectivity index (χ1) is 19.3. The van der Waals surface area contributed by atoms with E-state index in [1.54, 1.807) is 55.0 Å². The van der Waals surface area contributed by atoms with Crippen LogP contribution < -0.4 is 11.4 Å². The molecule has 0 amide bonds. The quantitative estimate of drug-likeness (QED) is 0.346. The largest absolute Gasteiger partial charge is 0.459 e. The lowest BCUT2D eigenvalue weighted by Gasteiger charge is -2.19. The second-order valence-corrected chi connectivity index (χ2v) is 9.61. The van der Waals surface area contributed by atoms with Gasteiger partial charge in [0.2, 0.25) is 0 Å². The molecule has 1 aliphatic heterocycles. The standard InChI is InChI=1S/C30H28N4O6/c1-18-5-9-20(10-6-18)28(35)38-17-25-24(40-29(36)21-11-7-19(2)8-12-21)14-26(39-25)34-16-23(27(31)33-30(34)37)22-4-3-13-32-15-22/h3-13,15-16,24-26H,14,17H2,1-2H3,(H2,31,33,37)/t24-,25+,26+/m0/s1. The van der Waals surface area contributed by atoms with E-state index in [-0.39, 0.29) is 18.8 Å². The number of aromatic nitrogens is 3. The molecule has 1 fully saturated rings. The Morgan fingerprint density at radius 1 is 1.00 bits per heavy atom. The van der Waals surface area contributed by atoms with Crippen LogP contribution >= 0.6 is 0 Å². The maximum atomic E-state index is 13.0. The number of nitrogens with zero attached hydrogens (tertiary/aromatic N) is 3. The van der Waals surface area contributed by atoms with E-state index in [1.807, 2.05) is 38.1 Å². The number of hydrogen-bond acceptors (Lipinski definition) is 9. The number of carbonyl (C=O) groups is 2. The summed E-state index contributed by atoms with van der Waals surface area (Å²) in [6.07, 6.45) is 2.41. The molecule has 3 atom stereocenters. The topological polar surface area (TPSA) is 136 Å². The molecule has 0 aliphatic carbocycles. The Hall–Kier alpha value is -4.83. The molecule has 0 spiro atoms. The molecule has 0 saturated carbocycles. The van der Waals surface area contributed by atoms with Gasteiger partial charge in [-0.05, 0) is 44.2 Å². The minimum atomic E-state index is -0.852. The van der Waals surface area contributed by atoms with Crippen LogP contribution in [0.4, 0.5) is 5.82 Å². The number of nitrogen functional groups attached to an aromatic ring is 1. The molecule has 2 N–H and O–H groups in total. The van der Waals surface area contributed by atoms with E-state index in [4.69, 9.17) is 19.9 Å². The summed E-state index contributed by atoms with van der Waals surface area (Å²) in [7, 11) is 0. The van der Waals surface area contributed by atoms with Crippen molar-refractivity contribution in [1.29, 1.82) is 0 Å². The molecule has 10 nitrogen and oxygen atoms in total. The van der Waals surface area contributed by atoms with Crippen molar-refractivity contribution in [2.24, 2.45) is 0 Å². The molecule has 0 radical (unpaired) electrons. The van der Waals surface area contributed by atoms with Gasteiger partial charge in [-0.1, -0.05) is 41.5 Å². The normalized spacial score (nSPS) is 18.3. The Labute approximate surface area is 230 Å². The summed E-state index contributed by atoms with van der Waals surface area (Å²) >= 11 is 0. The number of rotatable bonds is 7. The lowest BCUT2D eigenvalue weighted by molar-refractivity contribution is -0.0581. The van der Waals surface area contributed by atoms with E-state index < -0.39 is 36.1 Å². The van der Waals surface area contributed by atoms with Crippen molar-refractivity contribution in [2.75, 3.05) is 12.3 Å². The fraction of sp³-hybridized carbons (Fsp3) is 0.233. The number of esters is 2. The fourth-order valence-corrected chi connectivity index (χ4v) is 4.40. The fourth-order valence-electron chi connectivity index (χ4n) is 4.40. The molecule has 204 valence electrons. The van der Waals surface area contributed by atoms with Gasteiger partial charge in [0.25, 0.3) is 0 Å². The molecule has 0 bridgehead atoms. The summed E-state index contributed by atoms with van der Waals surface area (Å²) < 4.78 is 18.8. The Morgan fingerprint density at radius 2 is 1.65 bits per heavy atom. The highest BCUT2D eigenvalue weighted by molar-refractivity contribution is 5.90. The van der Waals surface area contributed by atoms with E-state index in [1.165, 1.54) is 4.57 Å². The average molecular weight is 541 g/mol. The van der Waals surface area contributed by atoms with Crippen LogP contribution in [0, 0.1) is 13.8 Å². The van der Waals surface area contributed by atoms with Gasteiger partial charge in [0.1, 0.15) is 30.9 Å². The van der Waals surface area contributed by atoms with E-state index >= 15 is 0 Å². The third kappa shape index (κ3) is 5.92. The second-order valence-electron chi connectivity index (χ2n) is 9.61. The van der Waals surface area contributed by atoms with Gasteiger partial charge in [0, 0.05) is 36.1 Å². The van der Waals surface area contributed by atoms with Crippen molar-refractivity contribution in [1.82, 2.24) is 14.5 Å². The first-order valence-electron chi connectivity index (χ1n) is 12.7. The summed E-state index contributed by atoms with van der Waals surface area (Å²) in [6, 6.07) is 17.5. The number of pyridine rings is 1. The van der Waals surface area contributed by atoms with Gasteiger partial charge in [0.05, 0.1) is 11.1 Å². The number of hydrogen-bond donors (Lipinski definition) is 1. The van der Waals surface area contributed by atoms with E-state index in [0.717, 1.165) is 11.1 Å². The smallest absolute Gasteiger partial charge is 0.351 e. The number of anilines is 1. The summed E-state index contributed by atoms with van der Waals surface area (Å²) in [5.74, 6) is -1.04. The molecule has 1 aliphatic rings. The minimum absolute atomic E-state index is 0.0539. The zero-order valence-electron chi connectivity index (χ0n) is 22.0. The van der Waals surface area contributed by atoms with Crippen LogP contribution in [0.3, 0.4) is 0 Å². The Kier molecular flexibility index (Phi) is 7.70. The number of aryl methyl sites for hydroxylation is 2. The first kappa shape index (κ1) is 26.8. The molecule has 0 unspecified atom stereocenters. The molecule has 1 saturated heterocycles. The van der Waals surface area contributed by atoms with Gasteiger partial charge in [-0.25, -0.2) is 14.4 Å². The van der Waals surface area contributed by atoms with Gasteiger partial charge >= 0.3 is 17.6 Å². The molecular weight excluding hydrogens is 512 g/mol. The molecule has 10 heteroatoms. The van der Waals surface area contributed by atoms with Gasteiger partial charge in [0.15, 0.2) is 0 Å². The maximum absolute atomic E-state index is 13.0. The van der Waals surface area contributed by atoms with Gasteiger partial charge in [-0.3, -0.25) is 9.55 Å². The van der Waals surface area contributed by atoms with E-state index in [0.29, 0.717) is 22.3 Å². The SMILES string of the molecule is Cc1ccc(C(=O)OC[C@H]2O[C@@H](n3cc(-c4cccnc4)c(N)nc3=O)C[C@@H]2OC(=O)c2ccc(C)cc2)cc1. The van der Waals surface area contributed by atoms with Crippen molar-refractivity contribution >= 4 is 17.8 Å². The van der Waals surface area contributed by atoms with Crippen LogP contribution in [-0.2, 0) is 14.2 Å². The van der Waals surface area contributed by atoms with Gasteiger partial charge in [-0.2, -0.15) is 4.98 Å². The molecule has 4 aromatic rings. The molecule has 2 aromatic carbocycles. The van der Waals surface area contributed by atoms with Crippen LogP contribution in [0.15, 0.2) is 84.0 Å². The highest BCUT2D eigenvalue weighted by Crippen LogP contribution is 2.32. The highest BCUT2D eigenvalue weighted by atomic mass is 16.6. The van der Waals surface area contributed by atoms with Crippen LogP contribution in [-0.4, -0.2) is 45.3 Å². The molecule has 5 rings (SSSR count). The second kappa shape index (κ2) is 11.5. The van der Waals surface area contributed by atoms with Crippen LogP contribution in [0.1, 0.15) is 44.5 Å².